The molecule has 1 atom stereocenters. The summed E-state index contributed by atoms with van der Waals surface area (Å²) in [6.45, 7) is 6.40. The van der Waals surface area contributed by atoms with Crippen LogP contribution in [0.15, 0.2) is 28.9 Å². The average molecular weight is 343 g/mol. The number of fused-ring (bicyclic) bond motifs is 3. The number of thiophene rings is 1. The standard InChI is InChI=1S/C18H21N3O2S/c1-11(2)21-8-7-13-14(10-21)24-18-16(13)17(22)19-15(20-18)6-5-12-4-3-9-23-12/h3-6,9,11,15,20H,7-8,10H2,1-2H3,(H,19,22)/b6-5+/t15-/m0/s1. The second-order valence-corrected chi connectivity index (χ2v) is 7.60. The molecule has 0 fully saturated rings. The predicted molar refractivity (Wildman–Crippen MR) is 96.2 cm³/mol. The minimum absolute atomic E-state index is 0.0216. The molecule has 0 bridgehead atoms. The van der Waals surface area contributed by atoms with Gasteiger partial charge in [-0.25, -0.2) is 0 Å². The van der Waals surface area contributed by atoms with Gasteiger partial charge >= 0.3 is 0 Å². The number of furan rings is 1. The van der Waals surface area contributed by atoms with Gasteiger partial charge in [-0.1, -0.05) is 0 Å². The number of amides is 1. The van der Waals surface area contributed by atoms with Crippen molar-refractivity contribution in [1.82, 2.24) is 10.2 Å². The van der Waals surface area contributed by atoms with E-state index in [2.05, 4.69) is 29.4 Å². The Balaban J connectivity index is 1.57. The van der Waals surface area contributed by atoms with Crippen molar-refractivity contribution in [3.8, 4) is 0 Å². The number of anilines is 1. The first-order chi connectivity index (χ1) is 11.6. The lowest BCUT2D eigenvalue weighted by molar-refractivity contribution is 0.0942. The zero-order valence-corrected chi connectivity index (χ0v) is 14.7. The lowest BCUT2D eigenvalue weighted by atomic mass is 10.0. The van der Waals surface area contributed by atoms with E-state index >= 15 is 0 Å². The van der Waals surface area contributed by atoms with Crippen LogP contribution in [0.25, 0.3) is 6.08 Å². The van der Waals surface area contributed by atoms with Crippen LogP contribution in [0.1, 0.15) is 40.4 Å². The van der Waals surface area contributed by atoms with E-state index in [-0.39, 0.29) is 12.1 Å². The summed E-state index contributed by atoms with van der Waals surface area (Å²) in [6.07, 6.45) is 6.16. The van der Waals surface area contributed by atoms with Crippen molar-refractivity contribution in [2.45, 2.75) is 39.0 Å². The first-order valence-corrected chi connectivity index (χ1v) is 9.11. The Kier molecular flexibility index (Phi) is 3.94. The molecule has 0 radical (unpaired) electrons. The fourth-order valence-electron chi connectivity index (χ4n) is 3.27. The number of hydrogen-bond acceptors (Lipinski definition) is 5. The third-order valence-corrected chi connectivity index (χ3v) is 5.76. The number of carbonyl (C=O) groups excluding carboxylic acids is 1. The Labute approximate surface area is 145 Å². The topological polar surface area (TPSA) is 57.5 Å². The normalized spacial score (nSPS) is 20.8. The molecule has 4 heterocycles. The zero-order chi connectivity index (χ0) is 16.7. The molecule has 5 nitrogen and oxygen atoms in total. The molecule has 126 valence electrons. The summed E-state index contributed by atoms with van der Waals surface area (Å²) in [4.78, 5) is 16.4. The molecule has 0 spiro atoms. The average Bonchev–Trinajstić information content (AvgIpc) is 3.19. The van der Waals surface area contributed by atoms with Crippen molar-refractivity contribution in [2.24, 2.45) is 0 Å². The van der Waals surface area contributed by atoms with E-state index in [1.54, 1.807) is 17.6 Å². The SMILES string of the molecule is CC(C)N1CCc2c(sc3c2C(=O)N[C@H](/C=C/c2ccco2)N3)C1. The number of nitrogens with zero attached hydrogens (tertiary/aromatic N) is 1. The van der Waals surface area contributed by atoms with Crippen LogP contribution in [-0.4, -0.2) is 29.6 Å². The van der Waals surface area contributed by atoms with Gasteiger partial charge in [-0.05, 0) is 50.1 Å². The molecule has 6 heteroatoms. The van der Waals surface area contributed by atoms with Gasteiger partial charge in [0.1, 0.15) is 16.9 Å². The maximum atomic E-state index is 12.6. The highest BCUT2D eigenvalue weighted by molar-refractivity contribution is 7.16. The largest absolute Gasteiger partial charge is 0.465 e. The number of rotatable bonds is 3. The minimum Gasteiger partial charge on any atom is -0.465 e. The third kappa shape index (κ3) is 2.76. The molecule has 0 unspecified atom stereocenters. The molecule has 2 aromatic heterocycles. The Bertz CT molecular complexity index is 777. The van der Waals surface area contributed by atoms with Gasteiger partial charge in [0.05, 0.1) is 11.8 Å². The summed E-state index contributed by atoms with van der Waals surface area (Å²) < 4.78 is 5.29. The van der Waals surface area contributed by atoms with E-state index in [9.17, 15) is 4.79 Å². The second-order valence-electron chi connectivity index (χ2n) is 6.49. The van der Waals surface area contributed by atoms with Crippen LogP contribution in [0.4, 0.5) is 5.00 Å². The van der Waals surface area contributed by atoms with Crippen molar-refractivity contribution in [3.63, 3.8) is 0 Å². The fraction of sp³-hybridized carbons (Fsp3) is 0.389. The molecule has 2 aliphatic heterocycles. The third-order valence-electron chi connectivity index (χ3n) is 4.61. The van der Waals surface area contributed by atoms with Crippen molar-refractivity contribution < 1.29 is 9.21 Å². The van der Waals surface area contributed by atoms with E-state index < -0.39 is 0 Å². The molecule has 2 aromatic rings. The van der Waals surface area contributed by atoms with Crippen LogP contribution >= 0.6 is 11.3 Å². The predicted octanol–water partition coefficient (Wildman–Crippen LogP) is 3.30. The van der Waals surface area contributed by atoms with E-state index in [1.165, 1.54) is 10.4 Å². The Morgan fingerprint density at radius 1 is 1.42 bits per heavy atom. The molecule has 0 aliphatic carbocycles. The Hall–Kier alpha value is -2.05. The summed E-state index contributed by atoms with van der Waals surface area (Å²) in [5.74, 6) is 0.795. The molecule has 0 saturated carbocycles. The quantitative estimate of drug-likeness (QED) is 0.898. The maximum absolute atomic E-state index is 12.6. The number of hydrogen-bond donors (Lipinski definition) is 2. The van der Waals surface area contributed by atoms with E-state index in [0.717, 1.165) is 35.8 Å². The van der Waals surface area contributed by atoms with Gasteiger partial charge in [0.25, 0.3) is 5.91 Å². The van der Waals surface area contributed by atoms with Crippen LogP contribution in [0.2, 0.25) is 0 Å². The molecular weight excluding hydrogens is 322 g/mol. The minimum atomic E-state index is -0.212. The van der Waals surface area contributed by atoms with Crippen LogP contribution in [0.5, 0.6) is 0 Å². The summed E-state index contributed by atoms with van der Waals surface area (Å²) >= 11 is 1.72. The van der Waals surface area contributed by atoms with E-state index in [0.29, 0.717) is 6.04 Å². The van der Waals surface area contributed by atoms with Crippen molar-refractivity contribution >= 4 is 28.3 Å². The van der Waals surface area contributed by atoms with Crippen LogP contribution in [0, 0.1) is 0 Å². The van der Waals surface area contributed by atoms with Gasteiger partial charge in [-0.2, -0.15) is 0 Å². The van der Waals surface area contributed by atoms with Gasteiger partial charge in [0, 0.05) is 24.0 Å². The van der Waals surface area contributed by atoms with Gasteiger partial charge in [0.15, 0.2) is 0 Å². The smallest absolute Gasteiger partial charge is 0.256 e. The van der Waals surface area contributed by atoms with E-state index in [4.69, 9.17) is 4.42 Å². The van der Waals surface area contributed by atoms with Crippen molar-refractivity contribution in [1.29, 1.82) is 0 Å². The summed E-state index contributed by atoms with van der Waals surface area (Å²) in [5, 5.41) is 7.44. The van der Waals surface area contributed by atoms with Gasteiger partial charge in [-0.15, -0.1) is 11.3 Å². The maximum Gasteiger partial charge on any atom is 0.256 e. The molecular formula is C18H21N3O2S. The molecule has 1 amide bonds. The number of carbonyl (C=O) groups is 1. The molecule has 2 N–H and O–H groups in total. The molecule has 4 rings (SSSR count). The van der Waals surface area contributed by atoms with Crippen molar-refractivity contribution in [3.05, 3.63) is 46.2 Å². The van der Waals surface area contributed by atoms with E-state index in [1.807, 2.05) is 24.3 Å². The van der Waals surface area contributed by atoms with Gasteiger partial charge in [0.2, 0.25) is 0 Å². The van der Waals surface area contributed by atoms with Crippen LogP contribution in [-0.2, 0) is 13.0 Å². The highest BCUT2D eigenvalue weighted by Gasteiger charge is 2.32. The van der Waals surface area contributed by atoms with Gasteiger partial charge in [-0.3, -0.25) is 9.69 Å². The van der Waals surface area contributed by atoms with Crippen LogP contribution < -0.4 is 10.6 Å². The lowest BCUT2D eigenvalue weighted by Crippen LogP contribution is -2.43. The fourth-order valence-corrected chi connectivity index (χ4v) is 4.58. The summed E-state index contributed by atoms with van der Waals surface area (Å²) in [7, 11) is 0. The molecule has 0 saturated heterocycles. The van der Waals surface area contributed by atoms with Crippen LogP contribution in [0.3, 0.4) is 0 Å². The molecule has 24 heavy (non-hydrogen) atoms. The summed E-state index contributed by atoms with van der Waals surface area (Å²) in [5.41, 5.74) is 2.08. The first-order valence-electron chi connectivity index (χ1n) is 8.29. The lowest BCUT2D eigenvalue weighted by Gasteiger charge is -2.30. The zero-order valence-electron chi connectivity index (χ0n) is 13.8. The Morgan fingerprint density at radius 2 is 2.29 bits per heavy atom. The monoisotopic (exact) mass is 343 g/mol. The second kappa shape index (κ2) is 6.11. The number of nitrogens with one attached hydrogen (secondary N) is 2. The molecule has 0 aromatic carbocycles. The Morgan fingerprint density at radius 3 is 3.04 bits per heavy atom. The highest BCUT2D eigenvalue weighted by Crippen LogP contribution is 2.39. The van der Waals surface area contributed by atoms with Gasteiger partial charge < -0.3 is 15.1 Å². The molecule has 2 aliphatic rings. The van der Waals surface area contributed by atoms with Crippen molar-refractivity contribution in [2.75, 3.05) is 11.9 Å². The highest BCUT2D eigenvalue weighted by atomic mass is 32.1. The summed E-state index contributed by atoms with van der Waals surface area (Å²) in [6, 6.07) is 4.26. The first kappa shape index (κ1) is 15.5.